The number of carbonyl (C=O) groups is 3. The SMILES string of the molecule is COC(=O)c1c(N)c(C#N)cn1-c1ccc(CC(CC(=O)O)C(=O)O)cc1. The van der Waals surface area contributed by atoms with Crippen molar-refractivity contribution >= 4 is 23.6 Å². The summed E-state index contributed by atoms with van der Waals surface area (Å²) in [5.41, 5.74) is 7.10. The van der Waals surface area contributed by atoms with E-state index in [0.717, 1.165) is 0 Å². The molecule has 1 aromatic heterocycles. The number of rotatable bonds is 7. The van der Waals surface area contributed by atoms with Crippen LogP contribution in [0.1, 0.15) is 28.0 Å². The Balaban J connectivity index is 2.35. The Morgan fingerprint density at radius 2 is 1.89 bits per heavy atom. The van der Waals surface area contributed by atoms with E-state index in [1.54, 1.807) is 24.3 Å². The fourth-order valence-electron chi connectivity index (χ4n) is 2.65. The summed E-state index contributed by atoms with van der Waals surface area (Å²) in [6.07, 6.45) is 0.966. The maximum Gasteiger partial charge on any atom is 0.357 e. The average molecular weight is 371 g/mol. The molecular formula is C18H17N3O6. The minimum atomic E-state index is -1.19. The molecule has 4 N–H and O–H groups in total. The van der Waals surface area contributed by atoms with Gasteiger partial charge in [-0.15, -0.1) is 0 Å². The molecule has 0 aliphatic heterocycles. The molecule has 2 aromatic rings. The van der Waals surface area contributed by atoms with E-state index in [1.165, 1.54) is 17.9 Å². The number of ether oxygens (including phenoxy) is 1. The number of carboxylic acid groups (broad SMARTS) is 2. The van der Waals surface area contributed by atoms with Crippen molar-refractivity contribution in [1.29, 1.82) is 5.26 Å². The molecule has 0 bridgehead atoms. The highest BCUT2D eigenvalue weighted by Crippen LogP contribution is 2.25. The summed E-state index contributed by atoms with van der Waals surface area (Å²) in [4.78, 5) is 34.0. The molecule has 0 radical (unpaired) electrons. The highest BCUT2D eigenvalue weighted by atomic mass is 16.5. The van der Waals surface area contributed by atoms with E-state index >= 15 is 0 Å². The third-order valence-electron chi connectivity index (χ3n) is 4.01. The average Bonchev–Trinajstić information content (AvgIpc) is 2.97. The van der Waals surface area contributed by atoms with Crippen molar-refractivity contribution < 1.29 is 29.3 Å². The molecular weight excluding hydrogens is 354 g/mol. The molecule has 0 aliphatic rings. The second-order valence-electron chi connectivity index (χ2n) is 5.78. The van der Waals surface area contributed by atoms with Crippen molar-refractivity contribution in [2.45, 2.75) is 12.8 Å². The third-order valence-corrected chi connectivity index (χ3v) is 4.01. The lowest BCUT2D eigenvalue weighted by Crippen LogP contribution is -2.20. The minimum absolute atomic E-state index is 0.000765. The van der Waals surface area contributed by atoms with Crippen molar-refractivity contribution in [2.75, 3.05) is 12.8 Å². The normalized spacial score (nSPS) is 11.4. The van der Waals surface area contributed by atoms with Crippen molar-refractivity contribution in [3.05, 3.63) is 47.3 Å². The molecule has 9 heteroatoms. The van der Waals surface area contributed by atoms with Crippen LogP contribution in [-0.4, -0.2) is 39.8 Å². The molecule has 2 rings (SSSR count). The molecule has 1 heterocycles. The first-order chi connectivity index (χ1) is 12.8. The number of aliphatic carboxylic acids is 2. The van der Waals surface area contributed by atoms with Gasteiger partial charge in [0, 0.05) is 11.9 Å². The Morgan fingerprint density at radius 1 is 1.26 bits per heavy atom. The molecule has 0 saturated carbocycles. The fraction of sp³-hybridized carbons (Fsp3) is 0.222. The van der Waals surface area contributed by atoms with Gasteiger partial charge in [0.1, 0.15) is 6.07 Å². The maximum atomic E-state index is 12.0. The largest absolute Gasteiger partial charge is 0.481 e. The highest BCUT2D eigenvalue weighted by molar-refractivity contribution is 5.95. The number of nitrogens with two attached hydrogens (primary N) is 1. The van der Waals surface area contributed by atoms with E-state index < -0.39 is 30.2 Å². The van der Waals surface area contributed by atoms with Crippen LogP contribution in [0, 0.1) is 17.2 Å². The van der Waals surface area contributed by atoms with Crippen LogP contribution in [0.4, 0.5) is 5.69 Å². The van der Waals surface area contributed by atoms with Gasteiger partial charge in [-0.05, 0) is 24.1 Å². The lowest BCUT2D eigenvalue weighted by Gasteiger charge is -2.12. The Hall–Kier alpha value is -3.80. The van der Waals surface area contributed by atoms with E-state index in [-0.39, 0.29) is 23.4 Å². The Bertz CT molecular complexity index is 924. The van der Waals surface area contributed by atoms with Crippen LogP contribution in [0.25, 0.3) is 5.69 Å². The van der Waals surface area contributed by atoms with E-state index in [1.807, 2.05) is 6.07 Å². The summed E-state index contributed by atoms with van der Waals surface area (Å²) < 4.78 is 6.12. The summed E-state index contributed by atoms with van der Waals surface area (Å²) in [6.45, 7) is 0. The molecule has 0 spiro atoms. The summed E-state index contributed by atoms with van der Waals surface area (Å²) in [5, 5.41) is 27.1. The van der Waals surface area contributed by atoms with Gasteiger partial charge >= 0.3 is 17.9 Å². The first kappa shape index (κ1) is 19.5. The number of esters is 1. The Kier molecular flexibility index (Phi) is 5.82. The second kappa shape index (κ2) is 8.05. The molecule has 1 aromatic carbocycles. The van der Waals surface area contributed by atoms with Crippen molar-refractivity contribution in [2.24, 2.45) is 5.92 Å². The van der Waals surface area contributed by atoms with Gasteiger partial charge in [0.2, 0.25) is 0 Å². The monoisotopic (exact) mass is 371 g/mol. The zero-order valence-electron chi connectivity index (χ0n) is 14.4. The van der Waals surface area contributed by atoms with E-state index in [4.69, 9.17) is 25.9 Å². The van der Waals surface area contributed by atoms with Gasteiger partial charge < -0.3 is 25.3 Å². The molecule has 0 aliphatic carbocycles. The summed E-state index contributed by atoms with van der Waals surface area (Å²) in [5.74, 6) is -4.13. The number of anilines is 1. The Labute approximate surface area is 154 Å². The number of aromatic nitrogens is 1. The van der Waals surface area contributed by atoms with E-state index in [0.29, 0.717) is 11.3 Å². The van der Waals surface area contributed by atoms with Gasteiger partial charge in [-0.3, -0.25) is 9.59 Å². The number of carboxylic acids is 2. The number of benzene rings is 1. The van der Waals surface area contributed by atoms with Gasteiger partial charge in [0.25, 0.3) is 0 Å². The standard InChI is InChI=1S/C18H17N3O6/c1-27-18(26)16-15(20)12(8-19)9-21(16)13-4-2-10(3-5-13)6-11(17(24)25)7-14(22)23/h2-5,9,11H,6-7,20H2,1H3,(H,22,23)(H,24,25). The number of hydrogen-bond donors (Lipinski definition) is 3. The van der Waals surface area contributed by atoms with Gasteiger partial charge in [-0.1, -0.05) is 12.1 Å². The molecule has 1 unspecified atom stereocenters. The van der Waals surface area contributed by atoms with Crippen LogP contribution in [0.2, 0.25) is 0 Å². The number of nitrogens with zero attached hydrogens (tertiary/aromatic N) is 2. The summed E-state index contributed by atoms with van der Waals surface area (Å²) in [6, 6.07) is 8.37. The van der Waals surface area contributed by atoms with Gasteiger partial charge in [-0.2, -0.15) is 5.26 Å². The van der Waals surface area contributed by atoms with Crippen LogP contribution < -0.4 is 5.73 Å². The topological polar surface area (TPSA) is 156 Å². The third kappa shape index (κ3) is 4.24. The quantitative estimate of drug-likeness (QED) is 0.617. The van der Waals surface area contributed by atoms with Crippen molar-refractivity contribution in [3.8, 4) is 11.8 Å². The minimum Gasteiger partial charge on any atom is -0.481 e. The molecule has 140 valence electrons. The summed E-state index contributed by atoms with van der Waals surface area (Å²) in [7, 11) is 1.20. The predicted octanol–water partition coefficient (Wildman–Crippen LogP) is 1.44. The zero-order valence-corrected chi connectivity index (χ0v) is 14.4. The number of nitriles is 1. The van der Waals surface area contributed by atoms with Gasteiger partial charge in [-0.25, -0.2) is 4.79 Å². The lowest BCUT2D eigenvalue weighted by atomic mass is 9.96. The van der Waals surface area contributed by atoms with Crippen LogP contribution in [0.3, 0.4) is 0 Å². The highest BCUT2D eigenvalue weighted by Gasteiger charge is 2.23. The number of carbonyl (C=O) groups excluding carboxylic acids is 1. The van der Waals surface area contributed by atoms with Crippen molar-refractivity contribution in [3.63, 3.8) is 0 Å². The second-order valence-corrected chi connectivity index (χ2v) is 5.78. The number of methoxy groups -OCH3 is 1. The van der Waals surface area contributed by atoms with Crippen LogP contribution in [0.15, 0.2) is 30.5 Å². The molecule has 0 fully saturated rings. The van der Waals surface area contributed by atoms with Gasteiger partial charge in [0.05, 0.1) is 30.7 Å². The summed E-state index contributed by atoms with van der Waals surface area (Å²) >= 11 is 0. The molecule has 9 nitrogen and oxygen atoms in total. The first-order valence-electron chi connectivity index (χ1n) is 7.81. The van der Waals surface area contributed by atoms with Crippen LogP contribution >= 0.6 is 0 Å². The first-order valence-corrected chi connectivity index (χ1v) is 7.81. The maximum absolute atomic E-state index is 12.0. The van der Waals surface area contributed by atoms with E-state index in [9.17, 15) is 14.4 Å². The Morgan fingerprint density at radius 3 is 2.37 bits per heavy atom. The van der Waals surface area contributed by atoms with E-state index in [2.05, 4.69) is 0 Å². The predicted molar refractivity (Wildman–Crippen MR) is 93.3 cm³/mol. The number of hydrogen-bond acceptors (Lipinski definition) is 6. The molecule has 1 atom stereocenters. The number of nitrogen functional groups attached to an aromatic ring is 1. The fourth-order valence-corrected chi connectivity index (χ4v) is 2.65. The zero-order chi connectivity index (χ0) is 20.1. The molecule has 0 amide bonds. The molecule has 27 heavy (non-hydrogen) atoms. The molecule has 0 saturated heterocycles. The lowest BCUT2D eigenvalue weighted by molar-refractivity contribution is -0.148. The smallest absolute Gasteiger partial charge is 0.357 e. The van der Waals surface area contributed by atoms with Gasteiger partial charge in [0.15, 0.2) is 5.69 Å². The van der Waals surface area contributed by atoms with Crippen molar-refractivity contribution in [1.82, 2.24) is 4.57 Å². The van der Waals surface area contributed by atoms with Crippen LogP contribution in [-0.2, 0) is 20.7 Å². The van der Waals surface area contributed by atoms with Crippen LogP contribution in [0.5, 0.6) is 0 Å².